The molecule has 6 heteroatoms. The van der Waals surface area contributed by atoms with Crippen LogP contribution in [0, 0.1) is 5.82 Å². The number of fused-ring (bicyclic) bond motifs is 3. The number of benzene rings is 2. The van der Waals surface area contributed by atoms with Gasteiger partial charge in [-0.05, 0) is 30.0 Å². The maximum absolute atomic E-state index is 14.3. The summed E-state index contributed by atoms with van der Waals surface area (Å²) in [6.45, 7) is 0.258. The Kier molecular flexibility index (Phi) is 3.72. The van der Waals surface area contributed by atoms with Gasteiger partial charge >= 0.3 is 5.97 Å². The second-order valence-electron chi connectivity index (χ2n) is 5.90. The zero-order chi connectivity index (χ0) is 17.4. The summed E-state index contributed by atoms with van der Waals surface area (Å²) in [5, 5.41) is 9.23. The normalized spacial score (nSPS) is 12.4. The number of halogens is 1. The summed E-state index contributed by atoms with van der Waals surface area (Å²) >= 11 is 0. The summed E-state index contributed by atoms with van der Waals surface area (Å²) < 4.78 is 21.7. The van der Waals surface area contributed by atoms with Crippen molar-refractivity contribution < 1.29 is 19.0 Å². The van der Waals surface area contributed by atoms with Gasteiger partial charge in [0.15, 0.2) is 17.3 Å². The van der Waals surface area contributed by atoms with E-state index >= 15 is 0 Å². The van der Waals surface area contributed by atoms with E-state index in [0.29, 0.717) is 24.2 Å². The van der Waals surface area contributed by atoms with E-state index in [9.17, 15) is 14.3 Å². The van der Waals surface area contributed by atoms with Gasteiger partial charge in [-0.3, -0.25) is 0 Å². The fourth-order valence-corrected chi connectivity index (χ4v) is 3.11. The molecule has 2 aromatic carbocycles. The Morgan fingerprint density at radius 1 is 1.24 bits per heavy atom. The van der Waals surface area contributed by atoms with Crippen LogP contribution in [0.25, 0.3) is 5.69 Å². The van der Waals surface area contributed by atoms with Gasteiger partial charge in [-0.15, -0.1) is 0 Å². The average Bonchev–Trinajstić information content (AvgIpc) is 3.05. The molecule has 4 rings (SSSR count). The number of aromatic carboxylic acids is 1. The van der Waals surface area contributed by atoms with E-state index in [0.717, 1.165) is 11.1 Å². The third-order valence-corrected chi connectivity index (χ3v) is 4.33. The van der Waals surface area contributed by atoms with Crippen LogP contribution in [0.4, 0.5) is 4.39 Å². The van der Waals surface area contributed by atoms with E-state index in [1.54, 1.807) is 10.6 Å². The molecule has 2 heterocycles. The molecule has 0 spiro atoms. The summed E-state index contributed by atoms with van der Waals surface area (Å²) in [5.41, 5.74) is 3.13. The number of carboxylic acid groups (broad SMARTS) is 1. The predicted molar refractivity (Wildman–Crippen MR) is 88.7 cm³/mol. The van der Waals surface area contributed by atoms with Gasteiger partial charge in [-0.2, -0.15) is 0 Å². The van der Waals surface area contributed by atoms with Crippen molar-refractivity contribution in [2.24, 2.45) is 0 Å². The number of hydrogen-bond donors (Lipinski definition) is 1. The lowest BCUT2D eigenvalue weighted by atomic mass is 10.00. The molecule has 0 fully saturated rings. The maximum atomic E-state index is 14.3. The van der Waals surface area contributed by atoms with Gasteiger partial charge in [-0.1, -0.05) is 30.3 Å². The Hall–Kier alpha value is -3.15. The minimum absolute atomic E-state index is 0.0433. The van der Waals surface area contributed by atoms with Crippen LogP contribution in [0.1, 0.15) is 27.3 Å². The summed E-state index contributed by atoms with van der Waals surface area (Å²) in [5.74, 6) is -1.34. The van der Waals surface area contributed by atoms with Crippen molar-refractivity contribution in [3.05, 3.63) is 77.1 Å². The fraction of sp³-hybridized carbons (Fsp3) is 0.158. The molecule has 0 atom stereocenters. The van der Waals surface area contributed by atoms with Gasteiger partial charge in [0.05, 0.1) is 11.4 Å². The number of hydrogen-bond acceptors (Lipinski definition) is 3. The van der Waals surface area contributed by atoms with E-state index in [1.165, 1.54) is 12.4 Å². The van der Waals surface area contributed by atoms with E-state index in [-0.39, 0.29) is 18.1 Å². The molecule has 0 unspecified atom stereocenters. The number of aromatic nitrogens is 2. The van der Waals surface area contributed by atoms with Crippen LogP contribution >= 0.6 is 0 Å². The molecule has 3 aromatic rings. The van der Waals surface area contributed by atoms with Crippen molar-refractivity contribution in [2.45, 2.75) is 19.4 Å². The Balaban J connectivity index is 1.68. The van der Waals surface area contributed by atoms with Crippen LogP contribution in [0.15, 0.2) is 48.8 Å². The zero-order valence-corrected chi connectivity index (χ0v) is 13.3. The van der Waals surface area contributed by atoms with Crippen molar-refractivity contribution >= 4 is 5.97 Å². The van der Waals surface area contributed by atoms with Crippen molar-refractivity contribution in [3.63, 3.8) is 0 Å². The van der Waals surface area contributed by atoms with Gasteiger partial charge in [-0.25, -0.2) is 14.2 Å². The van der Waals surface area contributed by atoms with Gasteiger partial charge < -0.3 is 14.4 Å². The van der Waals surface area contributed by atoms with Gasteiger partial charge in [0.25, 0.3) is 0 Å². The van der Waals surface area contributed by atoms with Gasteiger partial charge in [0.1, 0.15) is 12.9 Å². The first-order chi connectivity index (χ1) is 12.1. The molecule has 1 aliphatic rings. The number of carboxylic acids is 1. The first kappa shape index (κ1) is 15.4. The van der Waals surface area contributed by atoms with Crippen LogP contribution in [0.2, 0.25) is 0 Å². The molecule has 1 aromatic heterocycles. The first-order valence-corrected chi connectivity index (χ1v) is 7.92. The summed E-state index contributed by atoms with van der Waals surface area (Å²) in [7, 11) is 0. The molecule has 1 aliphatic heterocycles. The molecule has 0 bridgehead atoms. The first-order valence-electron chi connectivity index (χ1n) is 7.92. The average molecular weight is 338 g/mol. The van der Waals surface area contributed by atoms with E-state index in [1.807, 2.05) is 30.3 Å². The zero-order valence-electron chi connectivity index (χ0n) is 13.3. The summed E-state index contributed by atoms with van der Waals surface area (Å²) in [4.78, 5) is 15.2. The third kappa shape index (κ3) is 2.76. The minimum atomic E-state index is -1.06. The summed E-state index contributed by atoms with van der Waals surface area (Å²) in [6, 6.07) is 12.6. The Bertz CT molecular complexity index is 951. The molecular weight excluding hydrogens is 323 g/mol. The molecule has 25 heavy (non-hydrogen) atoms. The van der Waals surface area contributed by atoms with E-state index in [2.05, 4.69) is 4.98 Å². The molecule has 0 saturated heterocycles. The lowest BCUT2D eigenvalue weighted by molar-refractivity contribution is 0.0689. The maximum Gasteiger partial charge on any atom is 0.356 e. The number of imidazole rings is 1. The molecule has 0 aliphatic carbocycles. The Labute approximate surface area is 143 Å². The lowest BCUT2D eigenvalue weighted by Gasteiger charge is -2.20. The Morgan fingerprint density at radius 2 is 2.04 bits per heavy atom. The molecule has 5 nitrogen and oxygen atoms in total. The van der Waals surface area contributed by atoms with Crippen molar-refractivity contribution in [3.8, 4) is 11.4 Å². The molecule has 0 amide bonds. The quantitative estimate of drug-likeness (QED) is 0.792. The standard InChI is InChI=1S/C19H15FN2O3/c20-14-8-13-6-7-15-18(19(23)24)21-11-22(15)16(13)9-17(14)25-10-12-4-2-1-3-5-12/h1-5,8-9,11H,6-7,10H2,(H,23,24). The summed E-state index contributed by atoms with van der Waals surface area (Å²) in [6.07, 6.45) is 2.55. The Morgan fingerprint density at radius 3 is 2.80 bits per heavy atom. The monoisotopic (exact) mass is 338 g/mol. The van der Waals surface area contributed by atoms with Gasteiger partial charge in [0, 0.05) is 6.07 Å². The molecular formula is C19H15FN2O3. The number of carbonyl (C=O) groups is 1. The molecule has 1 N–H and O–H groups in total. The number of rotatable bonds is 4. The highest BCUT2D eigenvalue weighted by Crippen LogP contribution is 2.32. The van der Waals surface area contributed by atoms with E-state index < -0.39 is 11.8 Å². The fourth-order valence-electron chi connectivity index (χ4n) is 3.11. The molecule has 0 radical (unpaired) electrons. The number of ether oxygens (including phenoxy) is 1. The molecule has 126 valence electrons. The van der Waals surface area contributed by atoms with Crippen LogP contribution in [-0.4, -0.2) is 20.6 Å². The smallest absolute Gasteiger partial charge is 0.356 e. The van der Waals surface area contributed by atoms with Crippen LogP contribution in [0.5, 0.6) is 5.75 Å². The number of aryl methyl sites for hydroxylation is 1. The largest absolute Gasteiger partial charge is 0.486 e. The number of nitrogens with zero attached hydrogens (tertiary/aromatic N) is 2. The van der Waals surface area contributed by atoms with Crippen LogP contribution < -0.4 is 4.74 Å². The SMILES string of the molecule is O=C(O)c1ncn2c1CCc1cc(F)c(OCc3ccccc3)cc1-2. The third-order valence-electron chi connectivity index (χ3n) is 4.33. The topological polar surface area (TPSA) is 64.3 Å². The second kappa shape index (κ2) is 6.05. The lowest BCUT2D eigenvalue weighted by Crippen LogP contribution is -2.15. The van der Waals surface area contributed by atoms with Crippen LogP contribution in [0.3, 0.4) is 0 Å². The van der Waals surface area contributed by atoms with Crippen LogP contribution in [-0.2, 0) is 19.4 Å². The highest BCUT2D eigenvalue weighted by molar-refractivity contribution is 5.87. The highest BCUT2D eigenvalue weighted by atomic mass is 19.1. The minimum Gasteiger partial charge on any atom is -0.486 e. The second-order valence-corrected chi connectivity index (χ2v) is 5.90. The van der Waals surface area contributed by atoms with Gasteiger partial charge in [0.2, 0.25) is 0 Å². The van der Waals surface area contributed by atoms with Crippen molar-refractivity contribution in [1.29, 1.82) is 0 Å². The highest BCUT2D eigenvalue weighted by Gasteiger charge is 2.24. The van der Waals surface area contributed by atoms with Crippen molar-refractivity contribution in [1.82, 2.24) is 9.55 Å². The van der Waals surface area contributed by atoms with Crippen molar-refractivity contribution in [2.75, 3.05) is 0 Å². The predicted octanol–water partition coefficient (Wildman–Crippen LogP) is 3.39. The molecule has 0 saturated carbocycles. The van der Waals surface area contributed by atoms with E-state index in [4.69, 9.17) is 4.74 Å².